The van der Waals surface area contributed by atoms with E-state index < -0.39 is 0 Å². The van der Waals surface area contributed by atoms with Crippen molar-refractivity contribution < 1.29 is 9.53 Å². The summed E-state index contributed by atoms with van der Waals surface area (Å²) in [5.41, 5.74) is 5.37. The van der Waals surface area contributed by atoms with Gasteiger partial charge in [0.05, 0.1) is 29.3 Å². The van der Waals surface area contributed by atoms with Crippen LogP contribution < -0.4 is 9.75 Å². The van der Waals surface area contributed by atoms with Gasteiger partial charge >= 0.3 is 0 Å². The first-order chi connectivity index (χ1) is 16.6. The fourth-order valence-electron chi connectivity index (χ4n) is 3.91. The molecule has 0 N–H and O–H groups in total. The van der Waals surface area contributed by atoms with Crippen LogP contribution in [0.3, 0.4) is 0 Å². The van der Waals surface area contributed by atoms with Gasteiger partial charge < -0.3 is 4.74 Å². The van der Waals surface area contributed by atoms with Crippen LogP contribution in [0.4, 0.5) is 5.69 Å². The molecule has 1 aliphatic heterocycles. The van der Waals surface area contributed by atoms with Crippen LogP contribution >= 0.6 is 0 Å². The van der Waals surface area contributed by atoms with E-state index in [2.05, 4.69) is 5.10 Å². The molecule has 4 aromatic rings. The van der Waals surface area contributed by atoms with Gasteiger partial charge in [-0.3, -0.25) is 4.79 Å². The molecule has 6 heteroatoms. The number of ether oxygens (including phenoxy) is 1. The Bertz CT molecular complexity index is 1390. The molecule has 1 aliphatic rings. The molecule has 0 atom stereocenters. The first kappa shape index (κ1) is 21.4. The molecule has 0 radical (unpaired) electrons. The molecular weight excluding hydrogens is 424 g/mol. The summed E-state index contributed by atoms with van der Waals surface area (Å²) >= 11 is 0. The first-order valence-corrected chi connectivity index (χ1v) is 11.2. The van der Waals surface area contributed by atoms with Crippen LogP contribution in [0.2, 0.25) is 0 Å². The van der Waals surface area contributed by atoms with Crippen molar-refractivity contribution >= 4 is 23.4 Å². The number of aromatic nitrogens is 2. The van der Waals surface area contributed by atoms with Crippen molar-refractivity contribution in [3.63, 3.8) is 0 Å². The molecule has 6 nitrogen and oxygen atoms in total. The zero-order valence-electron chi connectivity index (χ0n) is 19.1. The van der Waals surface area contributed by atoms with Crippen LogP contribution in [0, 0.1) is 0 Å². The maximum atomic E-state index is 13.3. The third-order valence-electron chi connectivity index (χ3n) is 5.54. The predicted molar refractivity (Wildman–Crippen MR) is 135 cm³/mol. The third-order valence-corrected chi connectivity index (χ3v) is 5.54. The smallest absolute Gasteiger partial charge is 0.280 e. The molecule has 3 aromatic carbocycles. The summed E-state index contributed by atoms with van der Waals surface area (Å²) in [5, 5.41) is 10.8. The van der Waals surface area contributed by atoms with Crippen LogP contribution in [0.25, 0.3) is 23.0 Å². The maximum Gasteiger partial charge on any atom is 0.280 e. The molecule has 0 unspecified atom stereocenters. The summed E-state index contributed by atoms with van der Waals surface area (Å²) in [7, 11) is 0. The summed E-state index contributed by atoms with van der Waals surface area (Å²) in [5.74, 6) is 0.614. The van der Waals surface area contributed by atoms with Crippen LogP contribution in [0.5, 0.6) is 5.75 Å². The van der Waals surface area contributed by atoms with E-state index in [0.29, 0.717) is 17.9 Å². The number of anilines is 1. The number of nitrogens with zero attached hydrogens (tertiary/aromatic N) is 4. The minimum Gasteiger partial charge on any atom is -0.494 e. The zero-order valence-corrected chi connectivity index (χ0v) is 19.1. The fourth-order valence-corrected chi connectivity index (χ4v) is 3.91. The van der Waals surface area contributed by atoms with Gasteiger partial charge in [0.15, 0.2) is 0 Å². The number of hydrogen-bond donors (Lipinski definition) is 0. The maximum absolute atomic E-state index is 13.3. The Morgan fingerprint density at radius 2 is 1.62 bits per heavy atom. The van der Waals surface area contributed by atoms with E-state index in [1.807, 2.05) is 116 Å². The summed E-state index contributed by atoms with van der Waals surface area (Å²) in [6, 6.07) is 27.2. The molecule has 0 spiro atoms. The normalized spacial score (nSPS) is 14.5. The first-order valence-electron chi connectivity index (χ1n) is 11.2. The molecule has 0 fully saturated rings. The minimum absolute atomic E-state index is 0.162. The van der Waals surface area contributed by atoms with Crippen molar-refractivity contribution in [1.29, 1.82) is 0 Å². The topological polar surface area (TPSA) is 59.7 Å². The molecule has 0 bridgehead atoms. The molecule has 5 rings (SSSR count). The number of rotatable bonds is 6. The fraction of sp³-hybridized carbons (Fsp3) is 0.107. The number of hydrogen-bond acceptors (Lipinski definition) is 4. The average Bonchev–Trinajstić information content (AvgIpc) is 3.42. The highest BCUT2D eigenvalue weighted by Crippen LogP contribution is 2.31. The van der Waals surface area contributed by atoms with Gasteiger partial charge in [-0.05, 0) is 56.3 Å². The van der Waals surface area contributed by atoms with Crippen molar-refractivity contribution in [3.8, 4) is 22.7 Å². The van der Waals surface area contributed by atoms with Gasteiger partial charge in [0.25, 0.3) is 5.91 Å². The monoisotopic (exact) mass is 448 g/mol. The molecule has 1 amide bonds. The van der Waals surface area contributed by atoms with E-state index in [0.717, 1.165) is 33.9 Å². The second-order valence-electron chi connectivity index (χ2n) is 7.87. The second kappa shape index (κ2) is 9.19. The Morgan fingerprint density at radius 3 is 2.32 bits per heavy atom. The van der Waals surface area contributed by atoms with Gasteiger partial charge in [-0.2, -0.15) is 15.2 Å². The van der Waals surface area contributed by atoms with E-state index in [-0.39, 0.29) is 5.91 Å². The van der Waals surface area contributed by atoms with Crippen molar-refractivity contribution in [2.45, 2.75) is 13.8 Å². The van der Waals surface area contributed by atoms with E-state index in [1.165, 1.54) is 5.01 Å². The zero-order chi connectivity index (χ0) is 23.5. The van der Waals surface area contributed by atoms with E-state index in [4.69, 9.17) is 9.84 Å². The second-order valence-corrected chi connectivity index (χ2v) is 7.87. The molecule has 34 heavy (non-hydrogen) atoms. The summed E-state index contributed by atoms with van der Waals surface area (Å²) in [4.78, 5) is 13.3. The third kappa shape index (κ3) is 4.13. The van der Waals surface area contributed by atoms with Gasteiger partial charge in [-0.15, -0.1) is 0 Å². The van der Waals surface area contributed by atoms with Crippen molar-refractivity contribution in [2.75, 3.05) is 11.6 Å². The highest BCUT2D eigenvalue weighted by Gasteiger charge is 2.29. The van der Waals surface area contributed by atoms with Crippen molar-refractivity contribution in [1.82, 2.24) is 9.78 Å². The molecule has 0 aliphatic carbocycles. The summed E-state index contributed by atoms with van der Waals surface area (Å²) in [6.07, 6.45) is 3.82. The minimum atomic E-state index is -0.162. The van der Waals surface area contributed by atoms with E-state index in [9.17, 15) is 4.79 Å². The molecule has 168 valence electrons. The predicted octanol–water partition coefficient (Wildman–Crippen LogP) is 5.74. The quantitative estimate of drug-likeness (QED) is 0.353. The molecule has 0 saturated heterocycles. The lowest BCUT2D eigenvalue weighted by atomic mass is 10.0. The van der Waals surface area contributed by atoms with Gasteiger partial charge in [0, 0.05) is 17.3 Å². The lowest BCUT2D eigenvalue weighted by Crippen LogP contribution is -2.21. The Kier molecular flexibility index (Phi) is 5.79. The Balaban J connectivity index is 1.60. The molecule has 1 aromatic heterocycles. The van der Waals surface area contributed by atoms with Crippen LogP contribution in [0.15, 0.2) is 102 Å². The lowest BCUT2D eigenvalue weighted by molar-refractivity contribution is -0.114. The average molecular weight is 449 g/mol. The number of hydrazone groups is 1. The molecule has 2 heterocycles. The van der Waals surface area contributed by atoms with E-state index >= 15 is 0 Å². The van der Waals surface area contributed by atoms with Gasteiger partial charge in [0.2, 0.25) is 0 Å². The van der Waals surface area contributed by atoms with Crippen molar-refractivity contribution in [2.24, 2.45) is 5.10 Å². The SMILES string of the molecule is CCOc1cccc(-c2nn(-c3ccccc3)cc2/C=C2\C(=O)N(c3ccccc3)N=C2C)c1. The summed E-state index contributed by atoms with van der Waals surface area (Å²) in [6.45, 7) is 4.39. The van der Waals surface area contributed by atoms with Crippen molar-refractivity contribution in [3.05, 3.63) is 102 Å². The number of carbonyl (C=O) groups excluding carboxylic acids is 1. The number of para-hydroxylation sites is 2. The summed E-state index contributed by atoms with van der Waals surface area (Å²) < 4.78 is 7.53. The lowest BCUT2D eigenvalue weighted by Gasteiger charge is -2.11. The molecule has 0 saturated carbocycles. The van der Waals surface area contributed by atoms with Gasteiger partial charge in [-0.1, -0.05) is 48.5 Å². The number of amides is 1. The Hall–Kier alpha value is -4.45. The van der Waals surface area contributed by atoms with Gasteiger partial charge in [-0.25, -0.2) is 4.68 Å². The highest BCUT2D eigenvalue weighted by molar-refractivity contribution is 6.32. The molecular formula is C28H24N4O2. The van der Waals surface area contributed by atoms with E-state index in [1.54, 1.807) is 0 Å². The standard InChI is InChI=1S/C28H24N4O2/c1-3-34-25-16-10-11-21(17-25)27-22(19-31(30-27)23-12-6-4-7-13-23)18-26-20(2)29-32(28(26)33)24-14-8-5-9-15-24/h4-19H,3H2,1-2H3/b26-18-. The Morgan fingerprint density at radius 1 is 0.912 bits per heavy atom. The van der Waals surface area contributed by atoms with Crippen LogP contribution in [-0.4, -0.2) is 28.0 Å². The highest BCUT2D eigenvalue weighted by atomic mass is 16.5. The largest absolute Gasteiger partial charge is 0.494 e. The Labute approximate surface area is 198 Å². The van der Waals surface area contributed by atoms with Crippen LogP contribution in [0.1, 0.15) is 19.4 Å². The number of benzene rings is 3. The van der Waals surface area contributed by atoms with Crippen LogP contribution in [-0.2, 0) is 4.79 Å². The number of carbonyl (C=O) groups is 1. The van der Waals surface area contributed by atoms with Gasteiger partial charge in [0.1, 0.15) is 11.4 Å².